The number of aromatic nitrogens is 2. The third-order valence-corrected chi connectivity index (χ3v) is 3.82. The maximum Gasteiger partial charge on any atom is 0.319 e. The van der Waals surface area contributed by atoms with E-state index in [0.29, 0.717) is 37.7 Å². The zero-order valence-electron chi connectivity index (χ0n) is 13.7. The molecule has 0 atom stereocenters. The Bertz CT molecular complexity index is 699. The number of para-hydroxylation sites is 2. The van der Waals surface area contributed by atoms with Crippen LogP contribution in [0.25, 0.3) is 0 Å². The minimum Gasteiger partial charge on any atom is -0.492 e. The first-order chi connectivity index (χ1) is 11.8. The third kappa shape index (κ3) is 3.86. The van der Waals surface area contributed by atoms with E-state index >= 15 is 0 Å². The standard InChI is InChI=1S/C17H22N4O3/c1-2-24-16-6-4-3-5-14(16)20-17(22)18-8-9-21-15-7-10-23-12-13(15)11-19-21/h3-6,11H,2,7-10,12H2,1H3,(H2,18,20,22). The normalized spacial score (nSPS) is 13.2. The van der Waals surface area contributed by atoms with Crippen LogP contribution in [0, 0.1) is 0 Å². The van der Waals surface area contributed by atoms with Crippen LogP contribution in [0.5, 0.6) is 5.75 Å². The van der Waals surface area contributed by atoms with E-state index in [-0.39, 0.29) is 6.03 Å². The lowest BCUT2D eigenvalue weighted by Crippen LogP contribution is -2.32. The summed E-state index contributed by atoms with van der Waals surface area (Å²) in [5.74, 6) is 0.663. The highest BCUT2D eigenvalue weighted by molar-refractivity contribution is 5.90. The molecule has 0 spiro atoms. The minimum absolute atomic E-state index is 0.258. The van der Waals surface area contributed by atoms with Crippen molar-refractivity contribution in [2.75, 3.05) is 25.1 Å². The molecule has 0 saturated heterocycles. The van der Waals surface area contributed by atoms with E-state index < -0.39 is 0 Å². The fourth-order valence-electron chi connectivity index (χ4n) is 2.70. The van der Waals surface area contributed by atoms with Crippen molar-refractivity contribution in [3.05, 3.63) is 41.7 Å². The fraction of sp³-hybridized carbons (Fsp3) is 0.412. The molecular formula is C17H22N4O3. The first-order valence-electron chi connectivity index (χ1n) is 8.16. The fourth-order valence-corrected chi connectivity index (χ4v) is 2.70. The summed E-state index contributed by atoms with van der Waals surface area (Å²) in [5.41, 5.74) is 2.99. The van der Waals surface area contributed by atoms with Crippen LogP contribution in [0.2, 0.25) is 0 Å². The third-order valence-electron chi connectivity index (χ3n) is 3.82. The van der Waals surface area contributed by atoms with Gasteiger partial charge in [0.2, 0.25) is 0 Å². The summed E-state index contributed by atoms with van der Waals surface area (Å²) in [6.07, 6.45) is 2.70. The molecular weight excluding hydrogens is 308 g/mol. The molecule has 128 valence electrons. The van der Waals surface area contributed by atoms with Gasteiger partial charge in [-0.25, -0.2) is 4.79 Å². The van der Waals surface area contributed by atoms with Crippen LogP contribution in [-0.4, -0.2) is 35.6 Å². The second-order valence-electron chi connectivity index (χ2n) is 5.45. The Morgan fingerprint density at radius 2 is 2.29 bits per heavy atom. The van der Waals surface area contributed by atoms with Gasteiger partial charge in [0.25, 0.3) is 0 Å². The Balaban J connectivity index is 1.50. The van der Waals surface area contributed by atoms with Crippen LogP contribution in [0.1, 0.15) is 18.2 Å². The highest BCUT2D eigenvalue weighted by atomic mass is 16.5. The molecule has 1 aliphatic heterocycles. The minimum atomic E-state index is -0.258. The van der Waals surface area contributed by atoms with Gasteiger partial charge in [0.15, 0.2) is 0 Å². The van der Waals surface area contributed by atoms with Crippen molar-refractivity contribution in [2.45, 2.75) is 26.5 Å². The van der Waals surface area contributed by atoms with E-state index in [2.05, 4.69) is 15.7 Å². The van der Waals surface area contributed by atoms with Crippen LogP contribution < -0.4 is 15.4 Å². The number of urea groups is 1. The molecule has 2 heterocycles. The van der Waals surface area contributed by atoms with Crippen molar-refractivity contribution in [3.8, 4) is 5.75 Å². The molecule has 0 bridgehead atoms. The molecule has 2 aromatic rings. The van der Waals surface area contributed by atoms with Gasteiger partial charge in [-0.2, -0.15) is 5.10 Å². The van der Waals surface area contributed by atoms with E-state index in [1.807, 2.05) is 42.1 Å². The number of carbonyl (C=O) groups excluding carboxylic acids is 1. The Hall–Kier alpha value is -2.54. The molecule has 3 rings (SSSR count). The summed E-state index contributed by atoms with van der Waals surface area (Å²) in [4.78, 5) is 12.1. The lowest BCUT2D eigenvalue weighted by molar-refractivity contribution is 0.109. The van der Waals surface area contributed by atoms with Crippen molar-refractivity contribution in [1.82, 2.24) is 15.1 Å². The van der Waals surface area contributed by atoms with Gasteiger partial charge < -0.3 is 20.1 Å². The number of rotatable bonds is 6. The van der Waals surface area contributed by atoms with Crippen molar-refractivity contribution in [2.24, 2.45) is 0 Å². The molecule has 2 amide bonds. The first-order valence-corrected chi connectivity index (χ1v) is 8.16. The lowest BCUT2D eigenvalue weighted by Gasteiger charge is -2.15. The SMILES string of the molecule is CCOc1ccccc1NC(=O)NCCn1ncc2c1CCOC2. The van der Waals surface area contributed by atoms with Gasteiger partial charge in [0, 0.05) is 24.2 Å². The van der Waals surface area contributed by atoms with Crippen LogP contribution in [0.3, 0.4) is 0 Å². The van der Waals surface area contributed by atoms with Crippen LogP contribution in [0.4, 0.5) is 10.5 Å². The molecule has 2 N–H and O–H groups in total. The number of hydrogen-bond acceptors (Lipinski definition) is 4. The molecule has 0 radical (unpaired) electrons. The number of amides is 2. The highest BCUT2D eigenvalue weighted by Gasteiger charge is 2.15. The highest BCUT2D eigenvalue weighted by Crippen LogP contribution is 2.23. The van der Waals surface area contributed by atoms with Crippen LogP contribution in [0.15, 0.2) is 30.5 Å². The molecule has 0 aliphatic carbocycles. The Morgan fingerprint density at radius 3 is 3.17 bits per heavy atom. The molecule has 1 aliphatic rings. The second kappa shape index (κ2) is 7.83. The number of ether oxygens (including phenoxy) is 2. The maximum atomic E-state index is 12.1. The summed E-state index contributed by atoms with van der Waals surface area (Å²) in [7, 11) is 0. The second-order valence-corrected chi connectivity index (χ2v) is 5.45. The maximum absolute atomic E-state index is 12.1. The summed E-state index contributed by atoms with van der Waals surface area (Å²) < 4.78 is 12.8. The number of nitrogens with one attached hydrogen (secondary N) is 2. The quantitative estimate of drug-likeness (QED) is 0.851. The van der Waals surface area contributed by atoms with Gasteiger partial charge in [-0.05, 0) is 19.1 Å². The van der Waals surface area contributed by atoms with Crippen molar-refractivity contribution >= 4 is 11.7 Å². The van der Waals surface area contributed by atoms with Crippen LogP contribution >= 0.6 is 0 Å². The van der Waals surface area contributed by atoms with E-state index in [4.69, 9.17) is 9.47 Å². The molecule has 0 unspecified atom stereocenters. The molecule has 7 heteroatoms. The predicted octanol–water partition coefficient (Wildman–Crippen LogP) is 2.18. The van der Waals surface area contributed by atoms with Gasteiger partial charge in [-0.1, -0.05) is 12.1 Å². The van der Waals surface area contributed by atoms with Gasteiger partial charge >= 0.3 is 6.03 Å². The van der Waals surface area contributed by atoms with Crippen molar-refractivity contribution < 1.29 is 14.3 Å². The number of carbonyl (C=O) groups is 1. The monoisotopic (exact) mass is 330 g/mol. The number of hydrogen-bond donors (Lipinski definition) is 2. The predicted molar refractivity (Wildman–Crippen MR) is 90.2 cm³/mol. The average Bonchev–Trinajstić information content (AvgIpc) is 3.00. The van der Waals surface area contributed by atoms with Gasteiger partial charge in [-0.15, -0.1) is 0 Å². The molecule has 7 nitrogen and oxygen atoms in total. The van der Waals surface area contributed by atoms with Crippen molar-refractivity contribution in [3.63, 3.8) is 0 Å². The van der Waals surface area contributed by atoms with Crippen molar-refractivity contribution in [1.29, 1.82) is 0 Å². The zero-order valence-corrected chi connectivity index (χ0v) is 13.7. The smallest absolute Gasteiger partial charge is 0.319 e. The Labute approximate surface area is 140 Å². The molecule has 0 fully saturated rings. The molecule has 24 heavy (non-hydrogen) atoms. The molecule has 1 aromatic carbocycles. The van der Waals surface area contributed by atoms with Gasteiger partial charge in [-0.3, -0.25) is 4.68 Å². The summed E-state index contributed by atoms with van der Waals surface area (Å²) in [5, 5.41) is 10.0. The number of nitrogens with zero attached hydrogens (tertiary/aromatic N) is 2. The van der Waals surface area contributed by atoms with E-state index in [9.17, 15) is 4.79 Å². The van der Waals surface area contributed by atoms with E-state index in [1.54, 1.807) is 0 Å². The largest absolute Gasteiger partial charge is 0.492 e. The van der Waals surface area contributed by atoms with E-state index in [0.717, 1.165) is 18.6 Å². The molecule has 0 saturated carbocycles. The summed E-state index contributed by atoms with van der Waals surface area (Å²) in [6.45, 7) is 4.94. The van der Waals surface area contributed by atoms with Gasteiger partial charge in [0.1, 0.15) is 5.75 Å². The Kier molecular flexibility index (Phi) is 5.32. The number of anilines is 1. The summed E-state index contributed by atoms with van der Waals surface area (Å²) >= 11 is 0. The Morgan fingerprint density at radius 1 is 1.42 bits per heavy atom. The van der Waals surface area contributed by atoms with E-state index in [1.165, 1.54) is 5.69 Å². The molecule has 1 aromatic heterocycles. The average molecular weight is 330 g/mol. The summed E-state index contributed by atoms with van der Waals surface area (Å²) in [6, 6.07) is 7.12. The zero-order chi connectivity index (χ0) is 16.8. The lowest BCUT2D eigenvalue weighted by atomic mass is 10.2. The number of benzene rings is 1. The van der Waals surface area contributed by atoms with Gasteiger partial charge in [0.05, 0.1) is 38.2 Å². The topological polar surface area (TPSA) is 77.4 Å². The first kappa shape index (κ1) is 16.3. The number of fused-ring (bicyclic) bond motifs is 1. The van der Waals surface area contributed by atoms with Crippen LogP contribution in [-0.2, 0) is 24.3 Å².